The smallest absolute Gasteiger partial charge is 0.267 e. The predicted molar refractivity (Wildman–Crippen MR) is 117 cm³/mol. The normalized spacial score (nSPS) is 13.5. The standard InChI is InChI=1S/C22H20ClN3O2S/c1-14-19(29-21(24-14)15-7-3-2-4-8-15)20(27)25-18-10-9-16(23)13-17(18)22(28)26-11-5-6-12-26/h2-4,7-10,13H,5-6,11-12H2,1H3,(H,25,27). The summed E-state index contributed by atoms with van der Waals surface area (Å²) in [5.74, 6) is -0.383. The van der Waals surface area contributed by atoms with Crippen LogP contribution in [-0.4, -0.2) is 34.8 Å². The van der Waals surface area contributed by atoms with E-state index in [1.54, 1.807) is 23.1 Å². The van der Waals surface area contributed by atoms with Gasteiger partial charge in [-0.3, -0.25) is 9.59 Å². The van der Waals surface area contributed by atoms with Gasteiger partial charge in [0, 0.05) is 23.7 Å². The molecular weight excluding hydrogens is 406 g/mol. The summed E-state index contributed by atoms with van der Waals surface area (Å²) in [7, 11) is 0. The molecule has 2 aromatic carbocycles. The quantitative estimate of drug-likeness (QED) is 0.620. The maximum atomic E-state index is 13.0. The molecule has 5 nitrogen and oxygen atoms in total. The zero-order valence-corrected chi connectivity index (χ0v) is 17.5. The van der Waals surface area contributed by atoms with E-state index in [0.717, 1.165) is 36.5 Å². The minimum atomic E-state index is -0.278. The van der Waals surface area contributed by atoms with E-state index in [-0.39, 0.29) is 11.8 Å². The fourth-order valence-electron chi connectivity index (χ4n) is 3.38. The second-order valence-electron chi connectivity index (χ2n) is 6.94. The van der Waals surface area contributed by atoms with Crippen molar-refractivity contribution in [2.24, 2.45) is 0 Å². The molecule has 1 aliphatic rings. The number of benzene rings is 2. The van der Waals surface area contributed by atoms with Gasteiger partial charge in [-0.2, -0.15) is 0 Å². The number of hydrogen-bond donors (Lipinski definition) is 1. The minimum absolute atomic E-state index is 0.105. The van der Waals surface area contributed by atoms with Gasteiger partial charge in [0.1, 0.15) is 9.88 Å². The number of hydrogen-bond acceptors (Lipinski definition) is 4. The Morgan fingerprint density at radius 1 is 1.10 bits per heavy atom. The van der Waals surface area contributed by atoms with Crippen LogP contribution in [0.5, 0.6) is 0 Å². The molecule has 0 aliphatic carbocycles. The Morgan fingerprint density at radius 3 is 2.55 bits per heavy atom. The SMILES string of the molecule is Cc1nc(-c2ccccc2)sc1C(=O)Nc1ccc(Cl)cc1C(=O)N1CCCC1. The molecule has 2 heterocycles. The number of rotatable bonds is 4. The molecular formula is C22H20ClN3O2S. The Balaban J connectivity index is 1.61. The molecule has 3 aromatic rings. The number of anilines is 1. The number of aryl methyl sites for hydroxylation is 1. The Labute approximate surface area is 178 Å². The first-order valence-corrected chi connectivity index (χ1v) is 10.7. The lowest BCUT2D eigenvalue weighted by atomic mass is 10.1. The Bertz CT molecular complexity index is 1060. The highest BCUT2D eigenvalue weighted by Gasteiger charge is 2.24. The van der Waals surface area contributed by atoms with Crippen LogP contribution in [0.1, 0.15) is 38.6 Å². The topological polar surface area (TPSA) is 62.3 Å². The highest BCUT2D eigenvalue weighted by Crippen LogP contribution is 2.30. The van der Waals surface area contributed by atoms with Crippen molar-refractivity contribution >= 4 is 40.4 Å². The molecule has 1 aliphatic heterocycles. The van der Waals surface area contributed by atoms with Gasteiger partial charge in [-0.05, 0) is 38.0 Å². The maximum Gasteiger partial charge on any atom is 0.267 e. The summed E-state index contributed by atoms with van der Waals surface area (Å²) in [5, 5.41) is 4.14. The van der Waals surface area contributed by atoms with Gasteiger partial charge in [-0.1, -0.05) is 41.9 Å². The van der Waals surface area contributed by atoms with Crippen molar-refractivity contribution in [2.45, 2.75) is 19.8 Å². The second-order valence-corrected chi connectivity index (χ2v) is 8.38. The van der Waals surface area contributed by atoms with Gasteiger partial charge < -0.3 is 10.2 Å². The molecule has 4 rings (SSSR count). The summed E-state index contributed by atoms with van der Waals surface area (Å²) in [5.41, 5.74) is 2.51. The summed E-state index contributed by atoms with van der Waals surface area (Å²) in [6.45, 7) is 3.27. The lowest BCUT2D eigenvalue weighted by Gasteiger charge is -2.18. The molecule has 1 fully saturated rings. The van der Waals surface area contributed by atoms with Crippen molar-refractivity contribution in [3.05, 3.63) is 69.7 Å². The van der Waals surface area contributed by atoms with Crippen LogP contribution in [0.3, 0.4) is 0 Å². The summed E-state index contributed by atoms with van der Waals surface area (Å²) in [6, 6.07) is 14.7. The second kappa shape index (κ2) is 8.35. The van der Waals surface area contributed by atoms with Crippen LogP contribution in [0.25, 0.3) is 10.6 Å². The van der Waals surface area contributed by atoms with E-state index in [4.69, 9.17) is 11.6 Å². The van der Waals surface area contributed by atoms with Crippen LogP contribution in [0.15, 0.2) is 48.5 Å². The highest BCUT2D eigenvalue weighted by molar-refractivity contribution is 7.17. The third-order valence-corrected chi connectivity index (χ3v) is 6.32. The van der Waals surface area contributed by atoms with Crippen molar-refractivity contribution < 1.29 is 9.59 Å². The zero-order chi connectivity index (χ0) is 20.4. The fraction of sp³-hybridized carbons (Fsp3) is 0.227. The lowest BCUT2D eigenvalue weighted by molar-refractivity contribution is 0.0794. The van der Waals surface area contributed by atoms with Crippen molar-refractivity contribution in [3.8, 4) is 10.6 Å². The van der Waals surface area contributed by atoms with Gasteiger partial charge in [0.2, 0.25) is 0 Å². The number of aromatic nitrogens is 1. The molecule has 1 saturated heterocycles. The van der Waals surface area contributed by atoms with Crippen LogP contribution in [-0.2, 0) is 0 Å². The van der Waals surface area contributed by atoms with E-state index >= 15 is 0 Å². The number of amides is 2. The third kappa shape index (κ3) is 4.18. The molecule has 29 heavy (non-hydrogen) atoms. The molecule has 0 radical (unpaired) electrons. The average Bonchev–Trinajstić information content (AvgIpc) is 3.39. The van der Waals surface area contributed by atoms with Crippen molar-refractivity contribution in [1.82, 2.24) is 9.88 Å². The molecule has 0 bridgehead atoms. The van der Waals surface area contributed by atoms with Gasteiger partial charge >= 0.3 is 0 Å². The first-order chi connectivity index (χ1) is 14.0. The van der Waals surface area contributed by atoms with Crippen molar-refractivity contribution in [3.63, 3.8) is 0 Å². The number of likely N-dealkylation sites (tertiary alicyclic amines) is 1. The minimum Gasteiger partial charge on any atom is -0.339 e. The van der Waals surface area contributed by atoms with Crippen LogP contribution >= 0.6 is 22.9 Å². The van der Waals surface area contributed by atoms with Gasteiger partial charge in [-0.25, -0.2) is 4.98 Å². The summed E-state index contributed by atoms with van der Waals surface area (Å²) < 4.78 is 0. The summed E-state index contributed by atoms with van der Waals surface area (Å²) >= 11 is 7.46. The van der Waals surface area contributed by atoms with E-state index in [0.29, 0.717) is 26.8 Å². The number of halogens is 1. The van der Waals surface area contributed by atoms with Gasteiger partial charge in [-0.15, -0.1) is 11.3 Å². The molecule has 7 heteroatoms. The first kappa shape index (κ1) is 19.6. The van der Waals surface area contributed by atoms with Gasteiger partial charge in [0.05, 0.1) is 16.9 Å². The fourth-order valence-corrected chi connectivity index (χ4v) is 4.52. The predicted octanol–water partition coefficient (Wildman–Crippen LogP) is 5.26. The maximum absolute atomic E-state index is 13.0. The number of nitrogens with zero attached hydrogens (tertiary/aromatic N) is 2. The van der Waals surface area contributed by atoms with Crippen molar-refractivity contribution in [1.29, 1.82) is 0 Å². The Hall–Kier alpha value is -2.70. The largest absolute Gasteiger partial charge is 0.339 e. The monoisotopic (exact) mass is 425 g/mol. The van der Waals surface area contributed by atoms with E-state index in [9.17, 15) is 9.59 Å². The summed E-state index contributed by atoms with van der Waals surface area (Å²) in [4.78, 5) is 32.7. The Morgan fingerprint density at radius 2 is 1.83 bits per heavy atom. The number of thiazole rings is 1. The van der Waals surface area contributed by atoms with E-state index in [1.807, 2.05) is 37.3 Å². The molecule has 1 aromatic heterocycles. The third-order valence-electron chi connectivity index (χ3n) is 4.88. The average molecular weight is 426 g/mol. The van der Waals surface area contributed by atoms with Crippen LogP contribution in [0.4, 0.5) is 5.69 Å². The number of nitrogens with one attached hydrogen (secondary N) is 1. The van der Waals surface area contributed by atoms with Crippen LogP contribution in [0.2, 0.25) is 5.02 Å². The number of carbonyl (C=O) groups is 2. The lowest BCUT2D eigenvalue weighted by Crippen LogP contribution is -2.28. The van der Waals surface area contributed by atoms with Crippen molar-refractivity contribution in [2.75, 3.05) is 18.4 Å². The molecule has 0 saturated carbocycles. The van der Waals surface area contributed by atoms with Gasteiger partial charge in [0.25, 0.3) is 11.8 Å². The van der Waals surface area contributed by atoms with Gasteiger partial charge in [0.15, 0.2) is 0 Å². The van der Waals surface area contributed by atoms with Crippen LogP contribution in [0, 0.1) is 6.92 Å². The van der Waals surface area contributed by atoms with E-state index in [2.05, 4.69) is 10.3 Å². The van der Waals surface area contributed by atoms with E-state index < -0.39 is 0 Å². The van der Waals surface area contributed by atoms with Crippen LogP contribution < -0.4 is 5.32 Å². The molecule has 148 valence electrons. The van der Waals surface area contributed by atoms with E-state index in [1.165, 1.54) is 11.3 Å². The highest BCUT2D eigenvalue weighted by atomic mass is 35.5. The zero-order valence-electron chi connectivity index (χ0n) is 15.9. The first-order valence-electron chi connectivity index (χ1n) is 9.46. The molecule has 0 atom stereocenters. The molecule has 2 amide bonds. The summed E-state index contributed by atoms with van der Waals surface area (Å²) in [6.07, 6.45) is 1.99. The molecule has 0 spiro atoms. The molecule has 0 unspecified atom stereocenters. The molecule has 1 N–H and O–H groups in total. The number of carbonyl (C=O) groups excluding carboxylic acids is 2. The Kier molecular flexibility index (Phi) is 5.65.